The first-order valence-corrected chi connectivity index (χ1v) is 8.99. The summed E-state index contributed by atoms with van der Waals surface area (Å²) in [5.41, 5.74) is 2.71. The highest BCUT2D eigenvalue weighted by atomic mass is 16.5. The lowest BCUT2D eigenvalue weighted by atomic mass is 10.0. The molecule has 2 rings (SSSR count). The SMILES string of the molecule is CCCCc1ccc(C(O)C(O)CNC(=O)OCc2ccccc2)cc1. The summed E-state index contributed by atoms with van der Waals surface area (Å²) in [4.78, 5) is 11.7. The second-order valence-electron chi connectivity index (χ2n) is 6.30. The molecule has 2 aromatic rings. The van der Waals surface area contributed by atoms with E-state index in [0.29, 0.717) is 5.56 Å². The van der Waals surface area contributed by atoms with Gasteiger partial charge in [-0.2, -0.15) is 0 Å². The minimum absolute atomic E-state index is 0.0909. The van der Waals surface area contributed by atoms with Gasteiger partial charge in [0, 0.05) is 6.54 Å². The maximum atomic E-state index is 11.7. The first kappa shape index (κ1) is 19.9. The van der Waals surface area contributed by atoms with Crippen molar-refractivity contribution >= 4 is 6.09 Å². The molecule has 3 N–H and O–H groups in total. The smallest absolute Gasteiger partial charge is 0.407 e. The molecule has 0 radical (unpaired) electrons. The number of ether oxygens (including phenoxy) is 1. The minimum atomic E-state index is -1.11. The van der Waals surface area contributed by atoms with Crippen LogP contribution in [0.4, 0.5) is 4.79 Å². The lowest BCUT2D eigenvalue weighted by molar-refractivity contribution is 0.0184. The van der Waals surface area contributed by atoms with Crippen molar-refractivity contribution in [1.82, 2.24) is 5.32 Å². The monoisotopic (exact) mass is 357 g/mol. The van der Waals surface area contributed by atoms with Crippen molar-refractivity contribution < 1.29 is 19.7 Å². The molecule has 2 aromatic carbocycles. The molecule has 5 nitrogen and oxygen atoms in total. The summed E-state index contributed by atoms with van der Waals surface area (Å²) in [5, 5.41) is 22.8. The zero-order valence-electron chi connectivity index (χ0n) is 15.1. The van der Waals surface area contributed by atoms with E-state index >= 15 is 0 Å². The van der Waals surface area contributed by atoms with Crippen LogP contribution in [0.1, 0.15) is 42.6 Å². The second kappa shape index (κ2) is 10.6. The minimum Gasteiger partial charge on any atom is -0.445 e. The average Bonchev–Trinajstić information content (AvgIpc) is 2.69. The summed E-state index contributed by atoms with van der Waals surface area (Å²) >= 11 is 0. The molecule has 5 heteroatoms. The third kappa shape index (κ3) is 6.50. The van der Waals surface area contributed by atoms with Crippen LogP contribution in [0, 0.1) is 0 Å². The van der Waals surface area contributed by atoms with E-state index in [2.05, 4.69) is 12.2 Å². The topological polar surface area (TPSA) is 78.8 Å². The van der Waals surface area contributed by atoms with Gasteiger partial charge in [-0.3, -0.25) is 0 Å². The number of amides is 1. The maximum absolute atomic E-state index is 11.7. The van der Waals surface area contributed by atoms with Gasteiger partial charge in [0.05, 0.1) is 0 Å². The number of hydrogen-bond donors (Lipinski definition) is 3. The lowest BCUT2D eigenvalue weighted by Gasteiger charge is -2.19. The fraction of sp³-hybridized carbons (Fsp3) is 0.381. The van der Waals surface area contributed by atoms with Crippen LogP contribution in [-0.2, 0) is 17.8 Å². The van der Waals surface area contributed by atoms with Gasteiger partial charge < -0.3 is 20.3 Å². The maximum Gasteiger partial charge on any atom is 0.407 e. The molecule has 2 unspecified atom stereocenters. The Morgan fingerprint density at radius 1 is 1.04 bits per heavy atom. The fourth-order valence-corrected chi connectivity index (χ4v) is 2.56. The molecule has 0 aromatic heterocycles. The van der Waals surface area contributed by atoms with Crippen LogP contribution >= 0.6 is 0 Å². The molecule has 0 fully saturated rings. The van der Waals surface area contributed by atoms with Crippen LogP contribution in [0.25, 0.3) is 0 Å². The number of benzene rings is 2. The zero-order valence-corrected chi connectivity index (χ0v) is 15.1. The number of nitrogens with one attached hydrogen (secondary N) is 1. The highest BCUT2D eigenvalue weighted by molar-refractivity contribution is 5.67. The largest absolute Gasteiger partial charge is 0.445 e. The molecule has 0 bridgehead atoms. The number of aliphatic hydroxyl groups is 2. The van der Waals surface area contributed by atoms with Gasteiger partial charge >= 0.3 is 6.09 Å². The number of unbranched alkanes of at least 4 members (excludes halogenated alkanes) is 1. The third-order valence-electron chi connectivity index (χ3n) is 4.17. The van der Waals surface area contributed by atoms with Crippen LogP contribution in [0.5, 0.6) is 0 Å². The van der Waals surface area contributed by atoms with Crippen LogP contribution in [-0.4, -0.2) is 29.0 Å². The molecule has 1 amide bonds. The van der Waals surface area contributed by atoms with E-state index in [0.717, 1.165) is 24.8 Å². The molecule has 0 aliphatic heterocycles. The standard InChI is InChI=1S/C21H27NO4/c1-2-3-7-16-10-12-18(13-11-16)20(24)19(23)14-22-21(25)26-15-17-8-5-4-6-9-17/h4-6,8-13,19-20,23-24H,2-3,7,14-15H2,1H3,(H,22,25). The Bertz CT molecular complexity index is 657. The van der Waals surface area contributed by atoms with Crippen LogP contribution in [0.3, 0.4) is 0 Å². The first-order valence-electron chi connectivity index (χ1n) is 8.99. The van der Waals surface area contributed by atoms with Gasteiger partial charge in [-0.15, -0.1) is 0 Å². The van der Waals surface area contributed by atoms with Crippen LogP contribution in [0.15, 0.2) is 54.6 Å². The number of alkyl carbamates (subject to hydrolysis) is 1. The summed E-state index contributed by atoms with van der Waals surface area (Å²) in [6.07, 6.45) is 0.458. The van der Waals surface area contributed by atoms with Crippen molar-refractivity contribution in [1.29, 1.82) is 0 Å². The number of carbonyl (C=O) groups is 1. The Labute approximate surface area is 154 Å². The number of aliphatic hydroxyl groups excluding tert-OH is 2. The summed E-state index contributed by atoms with van der Waals surface area (Å²) < 4.78 is 5.07. The van der Waals surface area contributed by atoms with Crippen LogP contribution in [0.2, 0.25) is 0 Å². The van der Waals surface area contributed by atoms with Crippen molar-refractivity contribution in [3.05, 3.63) is 71.3 Å². The Hall–Kier alpha value is -2.37. The van der Waals surface area contributed by atoms with Gasteiger partial charge in [0.25, 0.3) is 0 Å². The molecule has 140 valence electrons. The van der Waals surface area contributed by atoms with E-state index in [1.165, 1.54) is 5.56 Å². The van der Waals surface area contributed by atoms with E-state index in [1.54, 1.807) is 0 Å². The van der Waals surface area contributed by atoms with Gasteiger partial charge in [0.2, 0.25) is 0 Å². The molecule has 0 saturated heterocycles. The second-order valence-corrected chi connectivity index (χ2v) is 6.30. The van der Waals surface area contributed by atoms with E-state index in [1.807, 2.05) is 54.6 Å². The average molecular weight is 357 g/mol. The summed E-state index contributed by atoms with van der Waals surface area (Å²) in [6, 6.07) is 16.9. The number of aryl methyl sites for hydroxylation is 1. The van der Waals surface area contributed by atoms with Crippen molar-refractivity contribution in [2.24, 2.45) is 0 Å². The predicted octanol–water partition coefficient (Wildman–Crippen LogP) is 3.35. The first-order chi connectivity index (χ1) is 12.6. The van der Waals surface area contributed by atoms with Crippen molar-refractivity contribution in [2.45, 2.75) is 45.0 Å². The highest BCUT2D eigenvalue weighted by Gasteiger charge is 2.19. The lowest BCUT2D eigenvalue weighted by Crippen LogP contribution is -2.35. The molecule has 0 spiro atoms. The van der Waals surface area contributed by atoms with E-state index in [4.69, 9.17) is 4.74 Å². The summed E-state index contributed by atoms with van der Waals surface area (Å²) in [5.74, 6) is 0. The van der Waals surface area contributed by atoms with Crippen molar-refractivity contribution in [3.63, 3.8) is 0 Å². The molecular weight excluding hydrogens is 330 g/mol. The van der Waals surface area contributed by atoms with Gasteiger partial charge in [-0.1, -0.05) is 67.9 Å². The van der Waals surface area contributed by atoms with Gasteiger partial charge in [0.1, 0.15) is 18.8 Å². The normalized spacial score (nSPS) is 13.0. The van der Waals surface area contributed by atoms with Gasteiger partial charge in [-0.25, -0.2) is 4.79 Å². The Morgan fingerprint density at radius 3 is 2.38 bits per heavy atom. The van der Waals surface area contributed by atoms with Crippen molar-refractivity contribution in [2.75, 3.05) is 6.54 Å². The highest BCUT2D eigenvalue weighted by Crippen LogP contribution is 2.18. The van der Waals surface area contributed by atoms with Gasteiger partial charge in [-0.05, 0) is 29.5 Å². The molecule has 2 atom stereocenters. The quantitative estimate of drug-likeness (QED) is 0.643. The predicted molar refractivity (Wildman–Crippen MR) is 101 cm³/mol. The molecule has 0 saturated carbocycles. The van der Waals surface area contributed by atoms with Crippen molar-refractivity contribution in [3.8, 4) is 0 Å². The Kier molecular flexibility index (Phi) is 8.12. The number of carbonyl (C=O) groups excluding carboxylic acids is 1. The third-order valence-corrected chi connectivity index (χ3v) is 4.17. The Morgan fingerprint density at radius 2 is 1.73 bits per heavy atom. The molecule has 0 aliphatic carbocycles. The fourth-order valence-electron chi connectivity index (χ4n) is 2.56. The van der Waals surface area contributed by atoms with Crippen LogP contribution < -0.4 is 5.32 Å². The summed E-state index contributed by atoms with van der Waals surface area (Å²) in [6.45, 7) is 2.21. The van der Waals surface area contributed by atoms with E-state index < -0.39 is 18.3 Å². The zero-order chi connectivity index (χ0) is 18.8. The molecular formula is C21H27NO4. The summed E-state index contributed by atoms with van der Waals surface area (Å²) in [7, 11) is 0. The Balaban J connectivity index is 1.75. The number of hydrogen-bond acceptors (Lipinski definition) is 4. The molecule has 0 aliphatic rings. The molecule has 26 heavy (non-hydrogen) atoms. The van der Waals surface area contributed by atoms with E-state index in [-0.39, 0.29) is 13.2 Å². The van der Waals surface area contributed by atoms with Gasteiger partial charge in [0.15, 0.2) is 0 Å². The van der Waals surface area contributed by atoms with E-state index in [9.17, 15) is 15.0 Å². The number of rotatable bonds is 9. The molecule has 0 heterocycles.